The topological polar surface area (TPSA) is 99.9 Å². The molecule has 2 rings (SSSR count). The second-order valence-corrected chi connectivity index (χ2v) is 5.45. The third-order valence-electron chi connectivity index (χ3n) is 3.50. The molecule has 10 heteroatoms. The highest BCUT2D eigenvalue weighted by atomic mass is 19.3. The van der Waals surface area contributed by atoms with Crippen molar-refractivity contribution in [2.45, 2.75) is 13.2 Å². The van der Waals surface area contributed by atoms with Gasteiger partial charge in [-0.3, -0.25) is 4.79 Å². The van der Waals surface area contributed by atoms with E-state index in [9.17, 15) is 22.8 Å². The summed E-state index contributed by atoms with van der Waals surface area (Å²) in [5.74, 6) is -2.15. The van der Waals surface area contributed by atoms with Gasteiger partial charge in [0.1, 0.15) is 5.82 Å². The van der Waals surface area contributed by atoms with Crippen LogP contribution in [0.25, 0.3) is 0 Å². The molecule has 0 aliphatic heterocycles. The van der Waals surface area contributed by atoms with Gasteiger partial charge in [-0.2, -0.15) is 8.78 Å². The Kier molecular flexibility index (Phi) is 7.08. The standard InChI is InChI=1S/C18H17F3N2O5/c1-26-15-6-10(2-5-14(15)28-18(20)21)8-23-16(24)9-27-17(25)12-4-3-11(19)7-13(12)22/h2-7,18H,8-9,22H2,1H3,(H,23,24). The van der Waals surface area contributed by atoms with Gasteiger partial charge in [-0.1, -0.05) is 6.07 Å². The van der Waals surface area contributed by atoms with Crippen molar-refractivity contribution in [2.75, 3.05) is 19.5 Å². The lowest BCUT2D eigenvalue weighted by Crippen LogP contribution is -2.28. The minimum Gasteiger partial charge on any atom is -0.493 e. The fraction of sp³-hybridized carbons (Fsp3) is 0.222. The maximum absolute atomic E-state index is 13.0. The molecule has 3 N–H and O–H groups in total. The highest BCUT2D eigenvalue weighted by Crippen LogP contribution is 2.29. The lowest BCUT2D eigenvalue weighted by Gasteiger charge is -2.12. The summed E-state index contributed by atoms with van der Waals surface area (Å²) in [6.07, 6.45) is 0. The number of carbonyl (C=O) groups excluding carboxylic acids is 2. The zero-order chi connectivity index (χ0) is 20.7. The van der Waals surface area contributed by atoms with E-state index in [1.807, 2.05) is 0 Å². The molecule has 150 valence electrons. The molecular weight excluding hydrogens is 381 g/mol. The number of hydrogen-bond donors (Lipinski definition) is 2. The van der Waals surface area contributed by atoms with E-state index < -0.39 is 30.9 Å². The highest BCUT2D eigenvalue weighted by Gasteiger charge is 2.15. The van der Waals surface area contributed by atoms with Crippen molar-refractivity contribution in [1.82, 2.24) is 5.32 Å². The van der Waals surface area contributed by atoms with E-state index >= 15 is 0 Å². The molecular formula is C18H17F3N2O5. The summed E-state index contributed by atoms with van der Waals surface area (Å²) < 4.78 is 51.7. The van der Waals surface area contributed by atoms with Crippen LogP contribution in [0.2, 0.25) is 0 Å². The Balaban J connectivity index is 1.87. The lowest BCUT2D eigenvalue weighted by molar-refractivity contribution is -0.124. The number of anilines is 1. The van der Waals surface area contributed by atoms with Crippen LogP contribution in [0.3, 0.4) is 0 Å². The molecule has 0 bridgehead atoms. The fourth-order valence-corrected chi connectivity index (χ4v) is 2.20. The fourth-order valence-electron chi connectivity index (χ4n) is 2.20. The van der Waals surface area contributed by atoms with Gasteiger partial charge in [0, 0.05) is 12.2 Å². The summed E-state index contributed by atoms with van der Waals surface area (Å²) >= 11 is 0. The van der Waals surface area contributed by atoms with Crippen LogP contribution in [0.15, 0.2) is 36.4 Å². The van der Waals surface area contributed by atoms with E-state index in [0.717, 1.165) is 18.2 Å². The van der Waals surface area contributed by atoms with Crippen molar-refractivity contribution in [3.63, 3.8) is 0 Å². The lowest BCUT2D eigenvalue weighted by atomic mass is 10.2. The molecule has 0 saturated carbocycles. The smallest absolute Gasteiger partial charge is 0.387 e. The normalized spacial score (nSPS) is 10.5. The molecule has 0 unspecified atom stereocenters. The Labute approximate surface area is 158 Å². The first-order valence-electron chi connectivity index (χ1n) is 7.90. The second kappa shape index (κ2) is 9.49. The number of rotatable bonds is 8. The summed E-state index contributed by atoms with van der Waals surface area (Å²) in [6, 6.07) is 7.33. The zero-order valence-corrected chi connectivity index (χ0v) is 14.7. The highest BCUT2D eigenvalue weighted by molar-refractivity contribution is 5.96. The first-order chi connectivity index (χ1) is 13.3. The van der Waals surface area contributed by atoms with Crippen LogP contribution in [0.4, 0.5) is 18.9 Å². The van der Waals surface area contributed by atoms with Crippen LogP contribution < -0.4 is 20.5 Å². The Bertz CT molecular complexity index is 861. The molecule has 0 heterocycles. The first-order valence-corrected chi connectivity index (χ1v) is 7.90. The van der Waals surface area contributed by atoms with E-state index in [1.54, 1.807) is 0 Å². The maximum Gasteiger partial charge on any atom is 0.387 e. The predicted molar refractivity (Wildman–Crippen MR) is 92.6 cm³/mol. The molecule has 0 atom stereocenters. The Morgan fingerprint density at radius 2 is 1.89 bits per heavy atom. The van der Waals surface area contributed by atoms with Gasteiger partial charge in [-0.15, -0.1) is 0 Å². The monoisotopic (exact) mass is 398 g/mol. The average molecular weight is 398 g/mol. The van der Waals surface area contributed by atoms with Gasteiger partial charge >= 0.3 is 12.6 Å². The quantitative estimate of drug-likeness (QED) is 0.524. The zero-order valence-electron chi connectivity index (χ0n) is 14.7. The molecule has 0 fully saturated rings. The van der Waals surface area contributed by atoms with Crippen LogP contribution in [-0.2, 0) is 16.1 Å². The van der Waals surface area contributed by atoms with E-state index in [1.165, 1.54) is 25.3 Å². The second-order valence-electron chi connectivity index (χ2n) is 5.45. The number of methoxy groups -OCH3 is 1. The van der Waals surface area contributed by atoms with E-state index in [-0.39, 0.29) is 29.3 Å². The number of nitrogens with one attached hydrogen (secondary N) is 1. The molecule has 7 nitrogen and oxygen atoms in total. The number of hydrogen-bond acceptors (Lipinski definition) is 6. The Morgan fingerprint density at radius 3 is 2.54 bits per heavy atom. The molecule has 0 aliphatic rings. The molecule has 1 amide bonds. The van der Waals surface area contributed by atoms with Crippen molar-refractivity contribution in [3.8, 4) is 11.5 Å². The first kappa shape index (κ1) is 20.9. The van der Waals surface area contributed by atoms with Crippen LogP contribution in [0.5, 0.6) is 11.5 Å². The largest absolute Gasteiger partial charge is 0.493 e. The number of nitrogens with two attached hydrogens (primary N) is 1. The van der Waals surface area contributed by atoms with Gasteiger partial charge in [0.15, 0.2) is 18.1 Å². The van der Waals surface area contributed by atoms with Crippen molar-refractivity contribution >= 4 is 17.6 Å². The summed E-state index contributed by atoms with van der Waals surface area (Å²) in [5, 5.41) is 2.49. The van der Waals surface area contributed by atoms with Crippen molar-refractivity contribution < 1.29 is 37.0 Å². The van der Waals surface area contributed by atoms with Gasteiger partial charge in [0.25, 0.3) is 5.91 Å². The SMILES string of the molecule is COc1cc(CNC(=O)COC(=O)c2ccc(F)cc2N)ccc1OC(F)F. The van der Waals surface area contributed by atoms with Gasteiger partial charge in [-0.25, -0.2) is 9.18 Å². The van der Waals surface area contributed by atoms with E-state index in [2.05, 4.69) is 10.1 Å². The summed E-state index contributed by atoms with van der Waals surface area (Å²) in [4.78, 5) is 23.7. The maximum atomic E-state index is 13.0. The summed E-state index contributed by atoms with van der Waals surface area (Å²) in [5.41, 5.74) is 5.90. The van der Waals surface area contributed by atoms with Gasteiger partial charge in [-0.05, 0) is 35.9 Å². The number of esters is 1. The van der Waals surface area contributed by atoms with Gasteiger partial charge in [0.05, 0.1) is 12.7 Å². The third-order valence-corrected chi connectivity index (χ3v) is 3.50. The molecule has 0 aliphatic carbocycles. The third kappa shape index (κ3) is 5.79. The number of benzene rings is 2. The number of halogens is 3. The van der Waals surface area contributed by atoms with Crippen molar-refractivity contribution in [3.05, 3.63) is 53.3 Å². The Hall–Kier alpha value is -3.43. The minimum atomic E-state index is -3.00. The number of alkyl halides is 2. The van der Waals surface area contributed by atoms with E-state index in [0.29, 0.717) is 5.56 Å². The van der Waals surface area contributed by atoms with Crippen LogP contribution >= 0.6 is 0 Å². The van der Waals surface area contributed by atoms with Gasteiger partial charge < -0.3 is 25.3 Å². The molecule has 2 aromatic carbocycles. The summed E-state index contributed by atoms with van der Waals surface area (Å²) in [6.45, 7) is -3.55. The molecule has 0 radical (unpaired) electrons. The molecule has 0 spiro atoms. The number of amides is 1. The summed E-state index contributed by atoms with van der Waals surface area (Å²) in [7, 11) is 1.29. The van der Waals surface area contributed by atoms with E-state index in [4.69, 9.17) is 15.2 Å². The predicted octanol–water partition coefficient (Wildman–Crippen LogP) is 2.49. The van der Waals surface area contributed by atoms with Crippen LogP contribution in [0.1, 0.15) is 15.9 Å². The number of carbonyl (C=O) groups is 2. The Morgan fingerprint density at radius 1 is 1.14 bits per heavy atom. The average Bonchev–Trinajstić information content (AvgIpc) is 2.64. The van der Waals surface area contributed by atoms with Crippen molar-refractivity contribution in [2.24, 2.45) is 0 Å². The van der Waals surface area contributed by atoms with Gasteiger partial charge in [0.2, 0.25) is 0 Å². The molecule has 28 heavy (non-hydrogen) atoms. The molecule has 2 aromatic rings. The van der Waals surface area contributed by atoms with Crippen molar-refractivity contribution in [1.29, 1.82) is 0 Å². The minimum absolute atomic E-state index is 0.0282. The van der Waals surface area contributed by atoms with Crippen LogP contribution in [0, 0.1) is 5.82 Å². The number of ether oxygens (including phenoxy) is 3. The van der Waals surface area contributed by atoms with Crippen LogP contribution in [-0.4, -0.2) is 32.2 Å². The number of nitrogen functional groups attached to an aromatic ring is 1. The molecule has 0 saturated heterocycles. The molecule has 0 aromatic heterocycles.